The first-order chi connectivity index (χ1) is 13.6. The van der Waals surface area contributed by atoms with Gasteiger partial charge in [0.15, 0.2) is 0 Å². The number of carbonyl (C=O) groups is 2. The number of benzene rings is 2. The van der Waals surface area contributed by atoms with Gasteiger partial charge in [0.05, 0.1) is 19.4 Å². The number of nitrogens with zero attached hydrogens (tertiary/aromatic N) is 1. The van der Waals surface area contributed by atoms with Crippen LogP contribution in [0, 0.1) is 0 Å². The molecule has 2 amide bonds. The fraction of sp³-hybridized carbons (Fsp3) is 0.182. The summed E-state index contributed by atoms with van der Waals surface area (Å²) in [5.41, 5.74) is 1.57. The van der Waals surface area contributed by atoms with Crippen LogP contribution in [0.25, 0.3) is 0 Å². The molecule has 0 bridgehead atoms. The quantitative estimate of drug-likeness (QED) is 0.653. The average Bonchev–Trinajstić information content (AvgIpc) is 3.25. The van der Waals surface area contributed by atoms with Crippen molar-refractivity contribution in [3.63, 3.8) is 0 Å². The van der Waals surface area contributed by atoms with Gasteiger partial charge in [0.1, 0.15) is 18.1 Å². The minimum Gasteiger partial charge on any atom is -0.489 e. The van der Waals surface area contributed by atoms with Crippen LogP contribution >= 0.6 is 0 Å². The van der Waals surface area contributed by atoms with Crippen LogP contribution in [0.4, 0.5) is 0 Å². The molecule has 0 spiro atoms. The molecule has 0 saturated heterocycles. The summed E-state index contributed by atoms with van der Waals surface area (Å²) < 4.78 is 10.9. The summed E-state index contributed by atoms with van der Waals surface area (Å²) >= 11 is 0. The standard InChI is InChI=1S/C22H22N2O4/c1-24(15-21(25)23-14-20-8-5-13-27-20)22(26)18-9-11-19(12-10-18)28-16-17-6-3-2-4-7-17/h2-13H,14-16H2,1H3,(H,23,25). The van der Waals surface area contributed by atoms with Crippen molar-refractivity contribution in [2.24, 2.45) is 0 Å². The van der Waals surface area contributed by atoms with Gasteiger partial charge in [0, 0.05) is 12.6 Å². The van der Waals surface area contributed by atoms with Crippen LogP contribution in [0.3, 0.4) is 0 Å². The summed E-state index contributed by atoms with van der Waals surface area (Å²) in [5.74, 6) is 0.852. The third-order valence-corrected chi connectivity index (χ3v) is 4.12. The number of nitrogens with one attached hydrogen (secondary N) is 1. The van der Waals surface area contributed by atoms with E-state index in [9.17, 15) is 9.59 Å². The highest BCUT2D eigenvalue weighted by atomic mass is 16.5. The number of furan rings is 1. The molecule has 0 aliphatic heterocycles. The third-order valence-electron chi connectivity index (χ3n) is 4.12. The number of rotatable bonds is 8. The summed E-state index contributed by atoms with van der Waals surface area (Å²) in [6.45, 7) is 0.719. The number of likely N-dealkylation sites (N-methyl/N-ethyl adjacent to an activating group) is 1. The summed E-state index contributed by atoms with van der Waals surface area (Å²) in [6.07, 6.45) is 1.55. The van der Waals surface area contributed by atoms with Crippen molar-refractivity contribution in [3.05, 3.63) is 89.9 Å². The van der Waals surface area contributed by atoms with Gasteiger partial charge in [0.2, 0.25) is 5.91 Å². The number of carbonyl (C=O) groups excluding carboxylic acids is 2. The van der Waals surface area contributed by atoms with Crippen molar-refractivity contribution in [2.45, 2.75) is 13.2 Å². The summed E-state index contributed by atoms with van der Waals surface area (Å²) in [4.78, 5) is 25.9. The predicted octanol–water partition coefficient (Wildman–Crippen LogP) is 3.25. The minimum atomic E-state index is -0.255. The van der Waals surface area contributed by atoms with E-state index in [1.54, 1.807) is 49.7 Å². The van der Waals surface area contributed by atoms with Gasteiger partial charge >= 0.3 is 0 Å². The number of hydrogen-bond acceptors (Lipinski definition) is 4. The monoisotopic (exact) mass is 378 g/mol. The molecule has 1 N–H and O–H groups in total. The molecule has 0 saturated carbocycles. The molecule has 2 aromatic carbocycles. The highest BCUT2D eigenvalue weighted by Crippen LogP contribution is 2.15. The lowest BCUT2D eigenvalue weighted by molar-refractivity contribution is -0.121. The number of hydrogen-bond donors (Lipinski definition) is 1. The Hall–Kier alpha value is -3.54. The van der Waals surface area contributed by atoms with E-state index in [-0.39, 0.29) is 18.4 Å². The van der Waals surface area contributed by atoms with Crippen LogP contribution in [-0.4, -0.2) is 30.3 Å². The molecule has 6 heteroatoms. The van der Waals surface area contributed by atoms with Crippen molar-refractivity contribution < 1.29 is 18.7 Å². The van der Waals surface area contributed by atoms with E-state index in [0.717, 1.165) is 5.56 Å². The van der Waals surface area contributed by atoms with Crippen molar-refractivity contribution in [1.82, 2.24) is 10.2 Å². The van der Waals surface area contributed by atoms with Gasteiger partial charge in [-0.3, -0.25) is 9.59 Å². The van der Waals surface area contributed by atoms with Crippen LogP contribution in [-0.2, 0) is 17.9 Å². The van der Waals surface area contributed by atoms with Crippen LogP contribution in [0.1, 0.15) is 21.7 Å². The molecule has 144 valence electrons. The Labute approximate surface area is 163 Å². The number of amides is 2. The third kappa shape index (κ3) is 5.48. The fourth-order valence-corrected chi connectivity index (χ4v) is 2.60. The van der Waals surface area contributed by atoms with Gasteiger partial charge in [-0.15, -0.1) is 0 Å². The second-order valence-electron chi connectivity index (χ2n) is 6.32. The zero-order chi connectivity index (χ0) is 19.8. The molecule has 0 aliphatic rings. The van der Waals surface area contributed by atoms with Crippen LogP contribution in [0.2, 0.25) is 0 Å². The molecule has 28 heavy (non-hydrogen) atoms. The second-order valence-corrected chi connectivity index (χ2v) is 6.32. The maximum Gasteiger partial charge on any atom is 0.254 e. The normalized spacial score (nSPS) is 10.3. The van der Waals surface area contributed by atoms with Crippen molar-refractivity contribution in [2.75, 3.05) is 13.6 Å². The Bertz CT molecular complexity index is 890. The lowest BCUT2D eigenvalue weighted by Gasteiger charge is -2.17. The highest BCUT2D eigenvalue weighted by molar-refractivity contribution is 5.96. The zero-order valence-corrected chi connectivity index (χ0v) is 15.6. The Balaban J connectivity index is 1.48. The number of ether oxygens (including phenoxy) is 1. The van der Waals surface area contributed by atoms with E-state index in [2.05, 4.69) is 5.32 Å². The molecular formula is C22H22N2O4. The van der Waals surface area contributed by atoms with Crippen molar-refractivity contribution >= 4 is 11.8 Å². The molecule has 1 heterocycles. The van der Waals surface area contributed by atoms with Crippen LogP contribution in [0.15, 0.2) is 77.4 Å². The SMILES string of the molecule is CN(CC(=O)NCc1ccco1)C(=O)c1ccc(OCc2ccccc2)cc1. The molecule has 1 aromatic heterocycles. The molecule has 3 rings (SSSR count). The van der Waals surface area contributed by atoms with E-state index in [0.29, 0.717) is 30.2 Å². The van der Waals surface area contributed by atoms with Gasteiger partial charge in [-0.25, -0.2) is 0 Å². The summed E-state index contributed by atoms with van der Waals surface area (Å²) in [7, 11) is 1.59. The predicted molar refractivity (Wildman–Crippen MR) is 105 cm³/mol. The summed E-state index contributed by atoms with van der Waals surface area (Å²) in [6, 6.07) is 20.3. The van der Waals surface area contributed by atoms with Gasteiger partial charge in [0.25, 0.3) is 5.91 Å². The van der Waals surface area contributed by atoms with Crippen LogP contribution in [0.5, 0.6) is 5.75 Å². The Morgan fingerprint density at radius 1 is 1.00 bits per heavy atom. The van der Waals surface area contributed by atoms with E-state index in [4.69, 9.17) is 9.15 Å². The Kier molecular flexibility index (Phi) is 6.46. The molecule has 6 nitrogen and oxygen atoms in total. The van der Waals surface area contributed by atoms with Gasteiger partial charge in [-0.05, 0) is 42.0 Å². The van der Waals surface area contributed by atoms with Crippen molar-refractivity contribution in [3.8, 4) is 5.75 Å². The largest absolute Gasteiger partial charge is 0.489 e. The van der Waals surface area contributed by atoms with E-state index < -0.39 is 0 Å². The van der Waals surface area contributed by atoms with Gasteiger partial charge in [-0.1, -0.05) is 30.3 Å². The van der Waals surface area contributed by atoms with Crippen LogP contribution < -0.4 is 10.1 Å². The first-order valence-electron chi connectivity index (χ1n) is 8.93. The first kappa shape index (κ1) is 19.2. The summed E-state index contributed by atoms with van der Waals surface area (Å²) in [5, 5.41) is 2.72. The van der Waals surface area contributed by atoms with Gasteiger partial charge < -0.3 is 19.4 Å². The Morgan fingerprint density at radius 3 is 2.43 bits per heavy atom. The second kappa shape index (κ2) is 9.41. The van der Waals surface area contributed by atoms with Gasteiger partial charge in [-0.2, -0.15) is 0 Å². The van der Waals surface area contributed by atoms with E-state index in [1.165, 1.54) is 4.90 Å². The molecule has 0 unspecified atom stereocenters. The lowest BCUT2D eigenvalue weighted by Crippen LogP contribution is -2.38. The maximum atomic E-state index is 12.5. The lowest BCUT2D eigenvalue weighted by atomic mass is 10.2. The topological polar surface area (TPSA) is 71.8 Å². The smallest absolute Gasteiger partial charge is 0.254 e. The molecule has 0 radical (unpaired) electrons. The minimum absolute atomic E-state index is 0.0359. The molecule has 0 aliphatic carbocycles. The molecule has 0 atom stereocenters. The highest BCUT2D eigenvalue weighted by Gasteiger charge is 2.15. The molecular weight excluding hydrogens is 356 g/mol. The van der Waals surface area contributed by atoms with E-state index >= 15 is 0 Å². The Morgan fingerprint density at radius 2 is 1.75 bits per heavy atom. The van der Waals surface area contributed by atoms with Crippen molar-refractivity contribution in [1.29, 1.82) is 0 Å². The van der Waals surface area contributed by atoms with E-state index in [1.807, 2.05) is 30.3 Å². The zero-order valence-electron chi connectivity index (χ0n) is 15.6. The molecule has 3 aromatic rings. The molecule has 0 fully saturated rings. The average molecular weight is 378 g/mol. The maximum absolute atomic E-state index is 12.5. The first-order valence-corrected chi connectivity index (χ1v) is 8.93. The fourth-order valence-electron chi connectivity index (χ4n) is 2.60.